The third-order valence-electron chi connectivity index (χ3n) is 4.39. The van der Waals surface area contributed by atoms with Gasteiger partial charge in [-0.05, 0) is 36.8 Å². The Kier molecular flexibility index (Phi) is 7.38. The predicted molar refractivity (Wildman–Crippen MR) is 101 cm³/mol. The third kappa shape index (κ3) is 5.17. The Hall–Kier alpha value is -2.15. The molecular formula is C19H24N2O4S. The summed E-state index contributed by atoms with van der Waals surface area (Å²) < 4.78 is 0. The van der Waals surface area contributed by atoms with Crippen LogP contribution in [0.5, 0.6) is 0 Å². The van der Waals surface area contributed by atoms with Crippen molar-refractivity contribution >= 4 is 35.1 Å². The van der Waals surface area contributed by atoms with E-state index >= 15 is 0 Å². The minimum atomic E-state index is -1.32. The van der Waals surface area contributed by atoms with Crippen molar-refractivity contribution in [2.24, 2.45) is 5.92 Å². The van der Waals surface area contributed by atoms with E-state index in [-0.39, 0.29) is 5.91 Å². The van der Waals surface area contributed by atoms with E-state index in [1.165, 1.54) is 18.7 Å². The van der Waals surface area contributed by atoms with Crippen molar-refractivity contribution in [3.63, 3.8) is 0 Å². The van der Waals surface area contributed by atoms with E-state index in [2.05, 4.69) is 10.6 Å². The van der Waals surface area contributed by atoms with Gasteiger partial charge in [-0.1, -0.05) is 30.3 Å². The van der Waals surface area contributed by atoms with Crippen LogP contribution in [-0.2, 0) is 25.6 Å². The van der Waals surface area contributed by atoms with Gasteiger partial charge in [0, 0.05) is 6.92 Å². The largest absolute Gasteiger partial charge is 0.346 e. The van der Waals surface area contributed by atoms with Gasteiger partial charge in [0.15, 0.2) is 17.5 Å². The second-order valence-corrected chi connectivity index (χ2v) is 7.34. The molecule has 6 nitrogen and oxygen atoms in total. The molecular weight excluding hydrogens is 352 g/mol. The quantitative estimate of drug-likeness (QED) is 0.631. The molecule has 1 saturated heterocycles. The zero-order valence-electron chi connectivity index (χ0n) is 15.0. The fourth-order valence-electron chi connectivity index (χ4n) is 3.06. The van der Waals surface area contributed by atoms with Gasteiger partial charge in [0.25, 0.3) is 0 Å². The molecule has 1 aromatic carbocycles. The summed E-state index contributed by atoms with van der Waals surface area (Å²) in [6.45, 7) is 1.32. The molecule has 1 heterocycles. The highest BCUT2D eigenvalue weighted by molar-refractivity contribution is 7.98. The van der Waals surface area contributed by atoms with E-state index in [0.717, 1.165) is 5.56 Å². The molecule has 0 spiro atoms. The number of benzene rings is 1. The van der Waals surface area contributed by atoms with Crippen LogP contribution in [0.2, 0.25) is 0 Å². The Bertz CT molecular complexity index is 677. The molecule has 2 N–H and O–H groups in total. The number of hydrogen-bond acceptors (Lipinski definition) is 5. The van der Waals surface area contributed by atoms with Crippen LogP contribution in [0.25, 0.3) is 0 Å². The summed E-state index contributed by atoms with van der Waals surface area (Å²) in [4.78, 5) is 49.0. The maximum Gasteiger partial charge on any atom is 0.238 e. The summed E-state index contributed by atoms with van der Waals surface area (Å²) in [5.41, 5.74) is 1.07. The molecule has 1 aliphatic heterocycles. The molecule has 0 aromatic heterocycles. The minimum Gasteiger partial charge on any atom is -0.346 e. The van der Waals surface area contributed by atoms with Gasteiger partial charge in [-0.2, -0.15) is 11.8 Å². The third-order valence-corrected chi connectivity index (χ3v) is 5.03. The molecule has 0 aliphatic carbocycles. The Morgan fingerprint density at radius 1 is 1.23 bits per heavy atom. The van der Waals surface area contributed by atoms with Gasteiger partial charge in [0.05, 0.1) is 12.1 Å². The molecule has 3 unspecified atom stereocenters. The van der Waals surface area contributed by atoms with E-state index in [9.17, 15) is 19.2 Å². The molecule has 0 bridgehead atoms. The van der Waals surface area contributed by atoms with Gasteiger partial charge >= 0.3 is 0 Å². The van der Waals surface area contributed by atoms with Crippen molar-refractivity contribution in [1.82, 2.24) is 10.6 Å². The molecule has 1 fully saturated rings. The zero-order chi connectivity index (χ0) is 19.1. The summed E-state index contributed by atoms with van der Waals surface area (Å²) in [5.74, 6) is -2.49. The van der Waals surface area contributed by atoms with Crippen LogP contribution in [0.15, 0.2) is 30.3 Å². The highest BCUT2D eigenvalue weighted by Gasteiger charge is 2.46. The molecule has 140 valence electrons. The van der Waals surface area contributed by atoms with E-state index in [1.54, 1.807) is 0 Å². The van der Waals surface area contributed by atoms with Crippen LogP contribution in [0.1, 0.15) is 25.3 Å². The SMILES string of the molecule is CSCCC(NC(C)=O)C(=O)C1C(=O)NC(CCc2ccccc2)C1=O. The Morgan fingerprint density at radius 2 is 1.92 bits per heavy atom. The number of carbonyl (C=O) groups excluding carboxylic acids is 4. The van der Waals surface area contributed by atoms with Crippen molar-refractivity contribution in [3.8, 4) is 0 Å². The van der Waals surface area contributed by atoms with Crippen molar-refractivity contribution in [3.05, 3.63) is 35.9 Å². The summed E-state index contributed by atoms with van der Waals surface area (Å²) in [7, 11) is 0. The number of nitrogens with one attached hydrogen (secondary N) is 2. The molecule has 2 rings (SSSR count). The number of amides is 2. The van der Waals surface area contributed by atoms with Gasteiger partial charge in [-0.3, -0.25) is 19.2 Å². The van der Waals surface area contributed by atoms with Crippen LogP contribution >= 0.6 is 11.8 Å². The topological polar surface area (TPSA) is 92.3 Å². The molecule has 26 heavy (non-hydrogen) atoms. The number of hydrogen-bond donors (Lipinski definition) is 2. The summed E-state index contributed by atoms with van der Waals surface area (Å²) in [5, 5.41) is 5.21. The maximum absolute atomic E-state index is 12.7. The van der Waals surface area contributed by atoms with Crippen LogP contribution in [0, 0.1) is 5.92 Å². The summed E-state index contributed by atoms with van der Waals surface area (Å²) in [6.07, 6.45) is 3.38. The number of Topliss-reactive ketones (excluding diaryl/α,β-unsaturated/α-hetero) is 2. The number of carbonyl (C=O) groups is 4. The number of thioether (sulfide) groups is 1. The standard InChI is InChI=1S/C19H24N2O4S/c1-12(22)20-15(10-11-26-2)18(24)16-17(23)14(21-19(16)25)9-8-13-6-4-3-5-7-13/h3-7,14-16H,8-11H2,1-2H3,(H,20,22)(H,21,25). The molecule has 0 radical (unpaired) electrons. The average Bonchev–Trinajstić information content (AvgIpc) is 2.90. The van der Waals surface area contributed by atoms with Crippen molar-refractivity contribution in [2.75, 3.05) is 12.0 Å². The Morgan fingerprint density at radius 3 is 2.54 bits per heavy atom. The minimum absolute atomic E-state index is 0.351. The van der Waals surface area contributed by atoms with Crippen LogP contribution in [0.3, 0.4) is 0 Å². The fraction of sp³-hybridized carbons (Fsp3) is 0.474. The lowest BCUT2D eigenvalue weighted by Gasteiger charge is -2.18. The van der Waals surface area contributed by atoms with Crippen LogP contribution < -0.4 is 10.6 Å². The Balaban J connectivity index is 2.03. The lowest BCUT2D eigenvalue weighted by atomic mass is 9.91. The summed E-state index contributed by atoms with van der Waals surface area (Å²) in [6, 6.07) is 8.19. The molecule has 1 aliphatic rings. The van der Waals surface area contributed by atoms with Crippen molar-refractivity contribution in [2.45, 2.75) is 38.3 Å². The molecule has 1 aromatic rings. The normalized spacial score (nSPS) is 20.5. The number of ketones is 2. The lowest BCUT2D eigenvalue weighted by Crippen LogP contribution is -2.46. The first-order valence-electron chi connectivity index (χ1n) is 8.61. The predicted octanol–water partition coefficient (Wildman–Crippen LogP) is 1.13. The van der Waals surface area contributed by atoms with Gasteiger partial charge in [0.1, 0.15) is 0 Å². The first-order valence-corrected chi connectivity index (χ1v) is 10.0. The van der Waals surface area contributed by atoms with Gasteiger partial charge in [-0.15, -0.1) is 0 Å². The fourth-order valence-corrected chi connectivity index (χ4v) is 3.54. The van der Waals surface area contributed by atoms with Gasteiger partial charge in [0.2, 0.25) is 11.8 Å². The number of rotatable bonds is 9. The van der Waals surface area contributed by atoms with Crippen molar-refractivity contribution < 1.29 is 19.2 Å². The van der Waals surface area contributed by atoms with Gasteiger partial charge in [-0.25, -0.2) is 0 Å². The second kappa shape index (κ2) is 9.52. The van der Waals surface area contributed by atoms with E-state index in [4.69, 9.17) is 0 Å². The van der Waals surface area contributed by atoms with E-state index in [1.807, 2.05) is 36.6 Å². The highest BCUT2D eigenvalue weighted by Crippen LogP contribution is 2.20. The second-order valence-electron chi connectivity index (χ2n) is 6.36. The first-order chi connectivity index (χ1) is 12.4. The highest BCUT2D eigenvalue weighted by atomic mass is 32.2. The summed E-state index contributed by atoms with van der Waals surface area (Å²) >= 11 is 1.54. The number of aryl methyl sites for hydroxylation is 1. The molecule has 3 atom stereocenters. The molecule has 2 amide bonds. The van der Waals surface area contributed by atoms with E-state index in [0.29, 0.717) is 25.0 Å². The average molecular weight is 376 g/mol. The van der Waals surface area contributed by atoms with E-state index < -0.39 is 35.5 Å². The van der Waals surface area contributed by atoms with Crippen molar-refractivity contribution in [1.29, 1.82) is 0 Å². The molecule has 0 saturated carbocycles. The zero-order valence-corrected chi connectivity index (χ0v) is 15.8. The lowest BCUT2D eigenvalue weighted by molar-refractivity contribution is -0.139. The maximum atomic E-state index is 12.7. The monoisotopic (exact) mass is 376 g/mol. The van der Waals surface area contributed by atoms with Gasteiger partial charge < -0.3 is 10.6 Å². The smallest absolute Gasteiger partial charge is 0.238 e. The molecule has 7 heteroatoms. The Labute approximate surface area is 157 Å². The first kappa shape index (κ1) is 20.2. The van der Waals surface area contributed by atoms with Crippen LogP contribution in [0.4, 0.5) is 0 Å². The van der Waals surface area contributed by atoms with Crippen LogP contribution in [-0.4, -0.2) is 47.5 Å².